The van der Waals surface area contributed by atoms with Gasteiger partial charge in [0.2, 0.25) is 0 Å². The molecule has 5 rings (SSSR count). The summed E-state index contributed by atoms with van der Waals surface area (Å²) in [6.45, 7) is 0.888. The van der Waals surface area contributed by atoms with Gasteiger partial charge in [-0.05, 0) is 33.9 Å². The van der Waals surface area contributed by atoms with Crippen molar-refractivity contribution in [1.82, 2.24) is 9.88 Å². The largest absolute Gasteiger partial charge is 0.478 e. The van der Waals surface area contributed by atoms with Crippen LogP contribution in [0.1, 0.15) is 38.7 Å². The van der Waals surface area contributed by atoms with Crippen molar-refractivity contribution in [3.8, 4) is 11.1 Å². The third-order valence-corrected chi connectivity index (χ3v) is 5.60. The second-order valence-electron chi connectivity index (χ2n) is 7.30. The third kappa shape index (κ3) is 2.93. The summed E-state index contributed by atoms with van der Waals surface area (Å²) < 4.78 is 5.68. The van der Waals surface area contributed by atoms with Gasteiger partial charge >= 0.3 is 12.1 Å². The van der Waals surface area contributed by atoms with Gasteiger partial charge in [-0.2, -0.15) is 0 Å². The minimum absolute atomic E-state index is 0.00747. The fourth-order valence-corrected chi connectivity index (χ4v) is 4.19. The number of benzene rings is 2. The Labute approximate surface area is 167 Å². The van der Waals surface area contributed by atoms with Crippen molar-refractivity contribution < 1.29 is 19.4 Å². The Balaban J connectivity index is 1.31. The lowest BCUT2D eigenvalue weighted by atomic mass is 9.98. The Kier molecular flexibility index (Phi) is 4.05. The van der Waals surface area contributed by atoms with Crippen LogP contribution in [0.25, 0.3) is 11.1 Å². The van der Waals surface area contributed by atoms with Gasteiger partial charge < -0.3 is 9.84 Å². The van der Waals surface area contributed by atoms with E-state index in [0.717, 1.165) is 5.56 Å². The zero-order valence-electron chi connectivity index (χ0n) is 15.5. The summed E-state index contributed by atoms with van der Waals surface area (Å²) in [6.07, 6.45) is 0.907. The maximum atomic E-state index is 12.7. The first-order chi connectivity index (χ1) is 14.1. The van der Waals surface area contributed by atoms with Crippen molar-refractivity contribution in [3.63, 3.8) is 0 Å². The highest BCUT2D eigenvalue weighted by Gasteiger charge is 2.31. The molecule has 1 aliphatic heterocycles. The molecule has 1 aliphatic carbocycles. The average molecular weight is 386 g/mol. The van der Waals surface area contributed by atoms with Gasteiger partial charge in [0.05, 0.1) is 24.3 Å². The minimum atomic E-state index is -1.03. The zero-order valence-corrected chi connectivity index (χ0v) is 15.5. The monoisotopic (exact) mass is 386 g/mol. The van der Waals surface area contributed by atoms with E-state index in [1.165, 1.54) is 28.5 Å². The van der Waals surface area contributed by atoms with Crippen LogP contribution in [0.15, 0.2) is 60.8 Å². The molecule has 29 heavy (non-hydrogen) atoms. The maximum Gasteiger partial charge on any atom is 0.410 e. The first-order valence-electron chi connectivity index (χ1n) is 9.43. The number of aromatic carboxylic acids is 1. The SMILES string of the molecule is O=C(O)c1cnc2c(c1)CN(C(=O)OCC1c3ccccc3-c3ccccc31)C2. The van der Waals surface area contributed by atoms with Crippen LogP contribution in [0.5, 0.6) is 0 Å². The summed E-state index contributed by atoms with van der Waals surface area (Å²) in [5.41, 5.74) is 6.28. The highest BCUT2D eigenvalue weighted by molar-refractivity contribution is 5.87. The number of carboxylic acids is 1. The van der Waals surface area contributed by atoms with Crippen molar-refractivity contribution in [2.75, 3.05) is 6.61 Å². The summed E-state index contributed by atoms with van der Waals surface area (Å²) in [6, 6.07) is 18.0. The molecule has 2 aliphatic rings. The van der Waals surface area contributed by atoms with Crippen molar-refractivity contribution in [2.24, 2.45) is 0 Å². The molecule has 0 fully saturated rings. The molecule has 0 radical (unpaired) electrons. The molecule has 144 valence electrons. The van der Waals surface area contributed by atoms with Gasteiger partial charge in [0.1, 0.15) is 6.61 Å². The summed E-state index contributed by atoms with van der Waals surface area (Å²) in [7, 11) is 0. The number of fused-ring (bicyclic) bond motifs is 4. The van der Waals surface area contributed by atoms with Gasteiger partial charge in [0.15, 0.2) is 0 Å². The number of carbonyl (C=O) groups is 2. The molecule has 0 saturated carbocycles. The number of aromatic nitrogens is 1. The van der Waals surface area contributed by atoms with E-state index in [4.69, 9.17) is 9.84 Å². The Morgan fingerprint density at radius 1 is 1.03 bits per heavy atom. The lowest BCUT2D eigenvalue weighted by Crippen LogP contribution is -2.27. The molecule has 3 aromatic rings. The summed E-state index contributed by atoms with van der Waals surface area (Å²) in [5, 5.41) is 9.11. The lowest BCUT2D eigenvalue weighted by molar-refractivity contribution is 0.0696. The van der Waals surface area contributed by atoms with Gasteiger partial charge in [0, 0.05) is 12.1 Å². The maximum absolute atomic E-state index is 12.7. The number of pyridine rings is 1. The first-order valence-corrected chi connectivity index (χ1v) is 9.43. The molecule has 2 aromatic carbocycles. The Morgan fingerprint density at radius 2 is 1.69 bits per heavy atom. The van der Waals surface area contributed by atoms with Crippen LogP contribution in [0.4, 0.5) is 4.79 Å². The number of amides is 1. The van der Waals surface area contributed by atoms with Crippen molar-refractivity contribution in [2.45, 2.75) is 19.0 Å². The van der Waals surface area contributed by atoms with E-state index in [1.54, 1.807) is 11.0 Å². The Bertz CT molecular complexity index is 1100. The number of nitrogens with zero attached hydrogens (tertiary/aromatic N) is 2. The minimum Gasteiger partial charge on any atom is -0.478 e. The molecule has 0 bridgehead atoms. The summed E-state index contributed by atoms with van der Waals surface area (Å²) >= 11 is 0. The van der Waals surface area contributed by atoms with E-state index in [9.17, 15) is 9.59 Å². The van der Waals surface area contributed by atoms with E-state index >= 15 is 0 Å². The van der Waals surface area contributed by atoms with E-state index in [0.29, 0.717) is 18.8 Å². The molecule has 0 spiro atoms. The number of carbonyl (C=O) groups excluding carboxylic acids is 1. The average Bonchev–Trinajstić information content (AvgIpc) is 3.31. The second kappa shape index (κ2) is 6.74. The predicted octanol–water partition coefficient (Wildman–Crippen LogP) is 4.04. The van der Waals surface area contributed by atoms with Crippen LogP contribution in [0.3, 0.4) is 0 Å². The van der Waals surface area contributed by atoms with Crippen LogP contribution >= 0.6 is 0 Å². The zero-order chi connectivity index (χ0) is 20.0. The van der Waals surface area contributed by atoms with Gasteiger partial charge in [-0.25, -0.2) is 9.59 Å². The second-order valence-corrected chi connectivity index (χ2v) is 7.30. The first kappa shape index (κ1) is 17.4. The van der Waals surface area contributed by atoms with Crippen molar-refractivity contribution in [3.05, 3.63) is 88.7 Å². The highest BCUT2D eigenvalue weighted by atomic mass is 16.6. The van der Waals surface area contributed by atoms with E-state index in [-0.39, 0.29) is 18.1 Å². The molecule has 1 N–H and O–H groups in total. The molecular formula is C23H18N2O4. The number of hydrogen-bond acceptors (Lipinski definition) is 4. The van der Waals surface area contributed by atoms with Gasteiger partial charge in [-0.1, -0.05) is 48.5 Å². The molecule has 6 nitrogen and oxygen atoms in total. The Morgan fingerprint density at radius 3 is 2.34 bits per heavy atom. The molecule has 0 unspecified atom stereocenters. The number of ether oxygens (including phenoxy) is 1. The normalized spacial score (nSPS) is 14.3. The van der Waals surface area contributed by atoms with E-state index in [2.05, 4.69) is 29.2 Å². The Hall–Kier alpha value is -3.67. The highest BCUT2D eigenvalue weighted by Crippen LogP contribution is 2.44. The molecule has 0 saturated heterocycles. The number of hydrogen-bond donors (Lipinski definition) is 1. The van der Waals surface area contributed by atoms with Crippen LogP contribution in [0.2, 0.25) is 0 Å². The lowest BCUT2D eigenvalue weighted by Gasteiger charge is -2.18. The van der Waals surface area contributed by atoms with E-state index < -0.39 is 12.1 Å². The molecule has 6 heteroatoms. The van der Waals surface area contributed by atoms with Crippen LogP contribution in [0, 0.1) is 0 Å². The summed E-state index contributed by atoms with van der Waals surface area (Å²) in [4.78, 5) is 29.5. The standard InChI is InChI=1S/C23H18N2O4/c26-22(27)14-9-15-11-25(12-21(15)24-10-14)23(28)29-13-20-18-7-3-1-5-16(18)17-6-2-4-8-19(17)20/h1-10,20H,11-13H2,(H,26,27). The molecule has 2 heterocycles. The smallest absolute Gasteiger partial charge is 0.410 e. The predicted molar refractivity (Wildman–Crippen MR) is 106 cm³/mol. The van der Waals surface area contributed by atoms with Gasteiger partial charge in [-0.3, -0.25) is 9.88 Å². The number of rotatable bonds is 3. The fraction of sp³-hybridized carbons (Fsp3) is 0.174. The molecular weight excluding hydrogens is 368 g/mol. The quantitative estimate of drug-likeness (QED) is 0.735. The van der Waals surface area contributed by atoms with Crippen molar-refractivity contribution >= 4 is 12.1 Å². The van der Waals surface area contributed by atoms with Crippen LogP contribution < -0.4 is 0 Å². The third-order valence-electron chi connectivity index (χ3n) is 5.60. The number of carboxylic acid groups (broad SMARTS) is 1. The van der Waals surface area contributed by atoms with Crippen molar-refractivity contribution in [1.29, 1.82) is 0 Å². The molecule has 1 amide bonds. The summed E-state index contributed by atoms with van der Waals surface area (Å²) in [5.74, 6) is -1.02. The van der Waals surface area contributed by atoms with E-state index in [1.807, 2.05) is 24.3 Å². The molecule has 1 aromatic heterocycles. The van der Waals surface area contributed by atoms with Gasteiger partial charge in [-0.15, -0.1) is 0 Å². The van der Waals surface area contributed by atoms with Gasteiger partial charge in [0.25, 0.3) is 0 Å². The van der Waals surface area contributed by atoms with Crippen LogP contribution in [-0.4, -0.2) is 33.7 Å². The van der Waals surface area contributed by atoms with Crippen LogP contribution in [-0.2, 0) is 17.8 Å². The topological polar surface area (TPSA) is 79.7 Å². The molecule has 0 atom stereocenters. The fourth-order valence-electron chi connectivity index (χ4n) is 4.19.